The van der Waals surface area contributed by atoms with Gasteiger partial charge in [-0.2, -0.15) is 0 Å². The second kappa shape index (κ2) is 9.44. The fourth-order valence-electron chi connectivity index (χ4n) is 3.77. The van der Waals surface area contributed by atoms with Crippen LogP contribution in [0.15, 0.2) is 47.3 Å². The van der Waals surface area contributed by atoms with Crippen molar-refractivity contribution in [2.45, 2.75) is 13.0 Å². The van der Waals surface area contributed by atoms with E-state index in [0.29, 0.717) is 47.7 Å². The zero-order valence-corrected chi connectivity index (χ0v) is 19.3. The summed E-state index contributed by atoms with van der Waals surface area (Å²) in [5, 5.41) is 1.09. The molecule has 1 fully saturated rings. The van der Waals surface area contributed by atoms with Crippen LogP contribution in [-0.4, -0.2) is 57.3 Å². The lowest BCUT2D eigenvalue weighted by Crippen LogP contribution is -2.50. The van der Waals surface area contributed by atoms with Crippen LogP contribution < -0.4 is 5.56 Å². The molecular weight excluding hydrogens is 471 g/mol. The Balaban J connectivity index is 1.38. The number of hydrogen-bond donors (Lipinski definition) is 1. The molecule has 1 aromatic heterocycles. The van der Waals surface area contributed by atoms with Crippen molar-refractivity contribution in [3.05, 3.63) is 73.2 Å². The predicted molar refractivity (Wildman–Crippen MR) is 127 cm³/mol. The Morgan fingerprint density at radius 3 is 2.41 bits per heavy atom. The van der Waals surface area contributed by atoms with Gasteiger partial charge < -0.3 is 14.8 Å². The third-order valence-corrected chi connectivity index (χ3v) is 6.68. The molecular formula is C22H20Cl2N4O3S. The fraction of sp³-hybridized carbons (Fsp3) is 0.273. The molecule has 0 aliphatic carbocycles. The number of carbonyl (C=O) groups excluding carboxylic acids is 2. The van der Waals surface area contributed by atoms with Crippen molar-refractivity contribution in [2.75, 3.05) is 26.2 Å². The van der Waals surface area contributed by atoms with E-state index in [1.807, 2.05) is 6.07 Å². The monoisotopic (exact) mass is 490 g/mol. The molecule has 1 aliphatic rings. The van der Waals surface area contributed by atoms with E-state index in [4.69, 9.17) is 35.4 Å². The number of benzene rings is 2. The van der Waals surface area contributed by atoms with Crippen LogP contribution in [-0.2, 0) is 11.3 Å². The molecule has 4 rings (SSSR count). The Morgan fingerprint density at radius 1 is 0.969 bits per heavy atom. The van der Waals surface area contributed by atoms with Crippen molar-refractivity contribution in [3.8, 4) is 0 Å². The molecule has 2 heterocycles. The van der Waals surface area contributed by atoms with E-state index >= 15 is 0 Å². The molecule has 0 unspecified atom stereocenters. The van der Waals surface area contributed by atoms with Crippen molar-refractivity contribution < 1.29 is 9.59 Å². The van der Waals surface area contributed by atoms with Gasteiger partial charge in [0.05, 0.1) is 26.5 Å². The molecule has 1 N–H and O–H groups in total. The second-order valence-corrected chi connectivity index (χ2v) is 8.63. The quantitative estimate of drug-likeness (QED) is 0.565. The maximum Gasteiger partial charge on any atom is 0.262 e. The molecule has 2 aromatic carbocycles. The van der Waals surface area contributed by atoms with Crippen LogP contribution >= 0.6 is 35.4 Å². The highest BCUT2D eigenvalue weighted by Gasteiger charge is 2.26. The number of amides is 2. The Hall–Kier alpha value is -2.68. The van der Waals surface area contributed by atoms with Crippen LogP contribution in [0.25, 0.3) is 10.9 Å². The number of aromatic nitrogens is 2. The molecule has 32 heavy (non-hydrogen) atoms. The number of hydrogen-bond acceptors (Lipinski definition) is 4. The number of fused-ring (bicyclic) bond motifs is 1. The van der Waals surface area contributed by atoms with Crippen LogP contribution in [0.1, 0.15) is 16.8 Å². The molecule has 0 radical (unpaired) electrons. The normalized spacial score (nSPS) is 14.1. The van der Waals surface area contributed by atoms with Crippen molar-refractivity contribution >= 4 is 58.1 Å². The molecule has 2 amide bonds. The maximum absolute atomic E-state index is 12.8. The van der Waals surface area contributed by atoms with Crippen LogP contribution in [0.3, 0.4) is 0 Å². The van der Waals surface area contributed by atoms with Crippen LogP contribution in [0.5, 0.6) is 0 Å². The summed E-state index contributed by atoms with van der Waals surface area (Å²) in [6.45, 7) is 1.78. The van der Waals surface area contributed by atoms with E-state index < -0.39 is 0 Å². The van der Waals surface area contributed by atoms with Crippen LogP contribution in [0.4, 0.5) is 0 Å². The molecule has 10 heteroatoms. The zero-order chi connectivity index (χ0) is 22.8. The highest BCUT2D eigenvalue weighted by atomic mass is 35.5. The topological polar surface area (TPSA) is 78.4 Å². The summed E-state index contributed by atoms with van der Waals surface area (Å²) in [6, 6.07) is 12.1. The van der Waals surface area contributed by atoms with Crippen molar-refractivity contribution in [1.82, 2.24) is 19.4 Å². The van der Waals surface area contributed by atoms with Gasteiger partial charge in [-0.25, -0.2) is 0 Å². The third kappa shape index (κ3) is 4.44. The van der Waals surface area contributed by atoms with Gasteiger partial charge in [-0.1, -0.05) is 41.4 Å². The fourth-order valence-corrected chi connectivity index (χ4v) is 4.43. The molecule has 1 saturated heterocycles. The summed E-state index contributed by atoms with van der Waals surface area (Å²) >= 11 is 17.5. The maximum atomic E-state index is 12.8. The first-order valence-corrected chi connectivity index (χ1v) is 11.3. The van der Waals surface area contributed by atoms with Crippen LogP contribution in [0.2, 0.25) is 10.0 Å². The number of nitrogens with zero attached hydrogens (tertiary/aromatic N) is 3. The Kier molecular flexibility index (Phi) is 6.64. The number of nitrogens with one attached hydrogen (secondary N) is 1. The smallest absolute Gasteiger partial charge is 0.262 e. The van der Waals surface area contributed by atoms with Crippen molar-refractivity contribution in [1.29, 1.82) is 0 Å². The van der Waals surface area contributed by atoms with Crippen molar-refractivity contribution in [2.24, 2.45) is 0 Å². The molecule has 1 aliphatic heterocycles. The first-order valence-electron chi connectivity index (χ1n) is 10.1. The predicted octanol–water partition coefficient (Wildman–Crippen LogP) is 3.74. The summed E-state index contributed by atoms with van der Waals surface area (Å²) in [5.41, 5.74) is 0.806. The average molecular weight is 491 g/mol. The van der Waals surface area contributed by atoms with Gasteiger partial charge in [0.2, 0.25) is 5.91 Å². The van der Waals surface area contributed by atoms with E-state index in [2.05, 4.69) is 4.98 Å². The Bertz CT molecular complexity index is 1310. The van der Waals surface area contributed by atoms with Gasteiger partial charge in [-0.3, -0.25) is 19.0 Å². The lowest BCUT2D eigenvalue weighted by molar-refractivity contribution is -0.132. The van der Waals surface area contributed by atoms with Crippen molar-refractivity contribution in [3.63, 3.8) is 0 Å². The number of halogens is 2. The highest BCUT2D eigenvalue weighted by molar-refractivity contribution is 7.71. The number of piperazine rings is 1. The number of carbonyl (C=O) groups is 2. The van der Waals surface area contributed by atoms with Crippen LogP contribution in [0, 0.1) is 4.77 Å². The lowest BCUT2D eigenvalue weighted by atomic mass is 10.1. The largest absolute Gasteiger partial charge is 0.339 e. The lowest BCUT2D eigenvalue weighted by Gasteiger charge is -2.35. The van der Waals surface area contributed by atoms with E-state index in [1.165, 1.54) is 4.57 Å². The minimum Gasteiger partial charge on any atom is -0.339 e. The molecule has 0 bridgehead atoms. The van der Waals surface area contributed by atoms with Gasteiger partial charge in [-0.15, -0.1) is 0 Å². The number of H-pyrrole nitrogens is 1. The standard InChI is InChI=1S/C22H20Cl2N4O3S/c23-16-6-3-5-15(19(16)24)20(30)27-12-10-26(11-13-27)18(29)8-9-28-21(31)14-4-1-2-7-17(14)25-22(28)32/h1-7H,8-13H2,(H,25,32). The number of para-hydroxylation sites is 1. The van der Waals surface area contributed by atoms with E-state index in [1.54, 1.807) is 46.2 Å². The van der Waals surface area contributed by atoms with Gasteiger partial charge in [0.15, 0.2) is 4.77 Å². The minimum absolute atomic E-state index is 0.0904. The molecule has 0 spiro atoms. The Morgan fingerprint density at radius 2 is 1.66 bits per heavy atom. The third-order valence-electron chi connectivity index (χ3n) is 5.54. The summed E-state index contributed by atoms with van der Waals surface area (Å²) < 4.78 is 1.70. The molecule has 0 saturated carbocycles. The number of rotatable bonds is 4. The Labute approximate surface area is 199 Å². The zero-order valence-electron chi connectivity index (χ0n) is 17.0. The van der Waals surface area contributed by atoms with Gasteiger partial charge in [0.25, 0.3) is 11.5 Å². The molecule has 0 atom stereocenters. The molecule has 3 aromatic rings. The van der Waals surface area contributed by atoms with Gasteiger partial charge in [-0.05, 0) is 36.5 Å². The van der Waals surface area contributed by atoms with Gasteiger partial charge >= 0.3 is 0 Å². The minimum atomic E-state index is -0.217. The van der Waals surface area contributed by atoms with Gasteiger partial charge in [0.1, 0.15) is 0 Å². The first-order chi connectivity index (χ1) is 15.4. The second-order valence-electron chi connectivity index (χ2n) is 7.46. The first kappa shape index (κ1) is 22.5. The molecule has 166 valence electrons. The van der Waals surface area contributed by atoms with Gasteiger partial charge in [0, 0.05) is 39.1 Å². The summed E-state index contributed by atoms with van der Waals surface area (Å²) in [7, 11) is 0. The molecule has 7 nitrogen and oxygen atoms in total. The van der Waals surface area contributed by atoms with E-state index in [0.717, 1.165) is 0 Å². The summed E-state index contributed by atoms with van der Waals surface area (Å²) in [4.78, 5) is 44.6. The number of aromatic amines is 1. The highest BCUT2D eigenvalue weighted by Crippen LogP contribution is 2.26. The van der Waals surface area contributed by atoms with E-state index in [-0.39, 0.29) is 40.1 Å². The average Bonchev–Trinajstić information content (AvgIpc) is 2.80. The SMILES string of the molecule is O=C(CCn1c(=S)[nH]c2ccccc2c1=O)N1CCN(C(=O)c2cccc(Cl)c2Cl)CC1. The summed E-state index contributed by atoms with van der Waals surface area (Å²) in [5.74, 6) is -0.300. The summed E-state index contributed by atoms with van der Waals surface area (Å²) in [6.07, 6.45) is 0.143. The van der Waals surface area contributed by atoms with E-state index in [9.17, 15) is 14.4 Å².